The molecule has 0 aromatic carbocycles. The Bertz CT molecular complexity index is 684. The third-order valence-electron chi connectivity index (χ3n) is 3.52. The summed E-state index contributed by atoms with van der Waals surface area (Å²) in [6.45, 7) is 3.33. The predicted molar refractivity (Wildman–Crippen MR) is 79.8 cm³/mol. The standard InChI is InChI=1S/C14H15N5OS/c15-9-11-2-8-21-14(11)17-13(20)1-4-18-6-7-19-5-3-16-12(19)10-18/h2-3,5,8H,1,4,6-7,10H2,(H,17,20). The van der Waals surface area contributed by atoms with Crippen LogP contribution in [0.2, 0.25) is 0 Å². The van der Waals surface area contributed by atoms with Crippen LogP contribution in [0.3, 0.4) is 0 Å². The molecule has 0 radical (unpaired) electrons. The van der Waals surface area contributed by atoms with E-state index in [9.17, 15) is 4.79 Å². The molecule has 0 atom stereocenters. The highest BCUT2D eigenvalue weighted by molar-refractivity contribution is 7.14. The van der Waals surface area contributed by atoms with Gasteiger partial charge in [0.15, 0.2) is 0 Å². The van der Waals surface area contributed by atoms with E-state index in [1.165, 1.54) is 11.3 Å². The van der Waals surface area contributed by atoms with Gasteiger partial charge in [0.25, 0.3) is 0 Å². The Morgan fingerprint density at radius 1 is 1.52 bits per heavy atom. The summed E-state index contributed by atoms with van der Waals surface area (Å²) >= 11 is 1.37. The van der Waals surface area contributed by atoms with Crippen molar-refractivity contribution >= 4 is 22.2 Å². The third-order valence-corrected chi connectivity index (χ3v) is 4.35. The number of hydrogen-bond acceptors (Lipinski definition) is 5. The van der Waals surface area contributed by atoms with Gasteiger partial charge in [0.05, 0.1) is 12.1 Å². The number of amides is 1. The van der Waals surface area contributed by atoms with Crippen LogP contribution in [0.1, 0.15) is 17.8 Å². The highest BCUT2D eigenvalue weighted by Gasteiger charge is 2.17. The van der Waals surface area contributed by atoms with Gasteiger partial charge in [0.1, 0.15) is 16.9 Å². The molecule has 0 aliphatic carbocycles. The van der Waals surface area contributed by atoms with Crippen molar-refractivity contribution in [1.82, 2.24) is 14.5 Å². The van der Waals surface area contributed by atoms with Crippen molar-refractivity contribution in [2.45, 2.75) is 19.5 Å². The van der Waals surface area contributed by atoms with E-state index in [1.54, 1.807) is 11.4 Å². The number of thiophene rings is 1. The van der Waals surface area contributed by atoms with Crippen LogP contribution in [0, 0.1) is 11.3 Å². The van der Waals surface area contributed by atoms with Gasteiger partial charge in [0.2, 0.25) is 5.91 Å². The lowest BCUT2D eigenvalue weighted by Gasteiger charge is -2.27. The van der Waals surface area contributed by atoms with Gasteiger partial charge >= 0.3 is 0 Å². The zero-order valence-electron chi connectivity index (χ0n) is 11.5. The minimum Gasteiger partial charge on any atom is -0.333 e. The topological polar surface area (TPSA) is 74.0 Å². The van der Waals surface area contributed by atoms with Crippen molar-refractivity contribution in [2.24, 2.45) is 0 Å². The molecule has 0 fully saturated rings. The first kappa shape index (κ1) is 13.8. The number of fused-ring (bicyclic) bond motifs is 1. The Morgan fingerprint density at radius 3 is 3.29 bits per heavy atom. The van der Waals surface area contributed by atoms with Gasteiger partial charge in [-0.2, -0.15) is 5.26 Å². The van der Waals surface area contributed by atoms with Gasteiger partial charge in [-0.25, -0.2) is 4.98 Å². The van der Waals surface area contributed by atoms with Crippen molar-refractivity contribution in [3.63, 3.8) is 0 Å². The zero-order chi connectivity index (χ0) is 14.7. The van der Waals surface area contributed by atoms with Crippen molar-refractivity contribution in [1.29, 1.82) is 5.26 Å². The molecule has 1 amide bonds. The van der Waals surface area contributed by atoms with E-state index < -0.39 is 0 Å². The molecule has 0 bridgehead atoms. The minimum absolute atomic E-state index is 0.0529. The van der Waals surface area contributed by atoms with Crippen LogP contribution in [0.25, 0.3) is 0 Å². The minimum atomic E-state index is -0.0529. The zero-order valence-corrected chi connectivity index (χ0v) is 12.3. The van der Waals surface area contributed by atoms with Gasteiger partial charge in [0, 0.05) is 38.4 Å². The summed E-state index contributed by atoms with van der Waals surface area (Å²) in [7, 11) is 0. The normalized spacial score (nSPS) is 14.4. The molecule has 0 spiro atoms. The molecule has 0 unspecified atom stereocenters. The van der Waals surface area contributed by atoms with Crippen LogP contribution in [0.4, 0.5) is 5.00 Å². The molecule has 108 valence electrons. The van der Waals surface area contributed by atoms with E-state index >= 15 is 0 Å². The maximum Gasteiger partial charge on any atom is 0.226 e. The van der Waals surface area contributed by atoms with E-state index in [1.807, 2.05) is 12.4 Å². The molecule has 21 heavy (non-hydrogen) atoms. The maximum absolute atomic E-state index is 12.0. The molecule has 3 heterocycles. The number of hydrogen-bond donors (Lipinski definition) is 1. The van der Waals surface area contributed by atoms with Crippen LogP contribution >= 0.6 is 11.3 Å². The SMILES string of the molecule is N#Cc1ccsc1NC(=O)CCN1CCn2ccnc2C1. The van der Waals surface area contributed by atoms with Gasteiger partial charge in [-0.3, -0.25) is 9.69 Å². The molecule has 1 aliphatic heterocycles. The molecule has 3 rings (SSSR count). The highest BCUT2D eigenvalue weighted by atomic mass is 32.1. The number of anilines is 1. The Labute approximate surface area is 126 Å². The second kappa shape index (κ2) is 6.08. The molecule has 7 heteroatoms. The molecule has 6 nitrogen and oxygen atoms in total. The fraction of sp³-hybridized carbons (Fsp3) is 0.357. The van der Waals surface area contributed by atoms with Crippen LogP contribution in [-0.4, -0.2) is 33.4 Å². The van der Waals surface area contributed by atoms with E-state index in [0.717, 1.165) is 25.5 Å². The number of nitrogens with zero attached hydrogens (tertiary/aromatic N) is 4. The number of nitriles is 1. The lowest BCUT2D eigenvalue weighted by atomic mass is 10.3. The highest BCUT2D eigenvalue weighted by Crippen LogP contribution is 2.22. The van der Waals surface area contributed by atoms with Crippen molar-refractivity contribution in [3.8, 4) is 6.07 Å². The van der Waals surface area contributed by atoms with Crippen LogP contribution in [0.15, 0.2) is 23.8 Å². The first-order chi connectivity index (χ1) is 10.3. The first-order valence-electron chi connectivity index (χ1n) is 6.76. The molecular formula is C14H15N5OS. The monoisotopic (exact) mass is 301 g/mol. The van der Waals surface area contributed by atoms with Crippen molar-refractivity contribution < 1.29 is 4.79 Å². The Hall–Kier alpha value is -2.17. The summed E-state index contributed by atoms with van der Waals surface area (Å²) in [6.07, 6.45) is 4.22. The van der Waals surface area contributed by atoms with Crippen LogP contribution in [0.5, 0.6) is 0 Å². The largest absolute Gasteiger partial charge is 0.333 e. The van der Waals surface area contributed by atoms with Gasteiger partial charge in [-0.15, -0.1) is 11.3 Å². The molecule has 1 N–H and O–H groups in total. The van der Waals surface area contributed by atoms with E-state index in [0.29, 0.717) is 23.5 Å². The Kier molecular flexibility index (Phi) is 3.99. The van der Waals surface area contributed by atoms with Crippen molar-refractivity contribution in [3.05, 3.63) is 35.2 Å². The second-order valence-electron chi connectivity index (χ2n) is 4.89. The fourth-order valence-corrected chi connectivity index (χ4v) is 3.11. The smallest absolute Gasteiger partial charge is 0.226 e. The molecule has 1 aliphatic rings. The maximum atomic E-state index is 12.0. The predicted octanol–water partition coefficient (Wildman–Crippen LogP) is 1.66. The number of rotatable bonds is 4. The summed E-state index contributed by atoms with van der Waals surface area (Å²) in [5.41, 5.74) is 0.522. The molecule has 0 saturated heterocycles. The number of carbonyl (C=O) groups is 1. The van der Waals surface area contributed by atoms with Gasteiger partial charge < -0.3 is 9.88 Å². The third kappa shape index (κ3) is 3.12. The van der Waals surface area contributed by atoms with Gasteiger partial charge in [-0.05, 0) is 11.4 Å². The molecule has 0 saturated carbocycles. The first-order valence-corrected chi connectivity index (χ1v) is 7.64. The molecule has 2 aromatic rings. The van der Waals surface area contributed by atoms with Crippen LogP contribution in [-0.2, 0) is 17.9 Å². The van der Waals surface area contributed by atoms with Gasteiger partial charge in [-0.1, -0.05) is 0 Å². The summed E-state index contributed by atoms with van der Waals surface area (Å²) in [5, 5.41) is 14.2. The summed E-state index contributed by atoms with van der Waals surface area (Å²) < 4.78 is 2.14. The number of nitrogens with one attached hydrogen (secondary N) is 1. The summed E-state index contributed by atoms with van der Waals surface area (Å²) in [4.78, 5) is 18.5. The number of aromatic nitrogens is 2. The number of carbonyl (C=O) groups excluding carboxylic acids is 1. The van der Waals surface area contributed by atoms with Crippen molar-refractivity contribution in [2.75, 3.05) is 18.4 Å². The van der Waals surface area contributed by atoms with E-state index in [2.05, 4.69) is 25.8 Å². The van der Waals surface area contributed by atoms with E-state index in [4.69, 9.17) is 5.26 Å². The van der Waals surface area contributed by atoms with E-state index in [-0.39, 0.29) is 5.91 Å². The summed E-state index contributed by atoms with van der Waals surface area (Å²) in [6, 6.07) is 3.78. The van der Waals surface area contributed by atoms with Crippen LogP contribution < -0.4 is 5.32 Å². The lowest BCUT2D eigenvalue weighted by Crippen LogP contribution is -2.35. The molecule has 2 aromatic heterocycles. The average Bonchev–Trinajstić information content (AvgIpc) is 3.12. The Balaban J connectivity index is 1.50. The fourth-order valence-electron chi connectivity index (χ4n) is 2.36. The molecular weight excluding hydrogens is 286 g/mol. The summed E-state index contributed by atoms with van der Waals surface area (Å²) in [5.74, 6) is 0.995. The number of imidazole rings is 1. The quantitative estimate of drug-likeness (QED) is 0.932. The second-order valence-corrected chi connectivity index (χ2v) is 5.80. The average molecular weight is 301 g/mol. The Morgan fingerprint density at radius 2 is 2.43 bits per heavy atom. The lowest BCUT2D eigenvalue weighted by molar-refractivity contribution is -0.116.